The molecule has 2 heterocycles. The second-order valence-electron chi connectivity index (χ2n) is 4.24. The highest BCUT2D eigenvalue weighted by Gasteiger charge is 2.12. The summed E-state index contributed by atoms with van der Waals surface area (Å²) in [5.41, 5.74) is 1.19. The average molecular weight is 251 g/mol. The summed E-state index contributed by atoms with van der Waals surface area (Å²) in [6.45, 7) is 4.95. The van der Waals surface area contributed by atoms with Gasteiger partial charge in [0.25, 0.3) is 0 Å². The zero-order valence-corrected chi connectivity index (χ0v) is 10.7. The van der Waals surface area contributed by atoms with E-state index in [1.165, 1.54) is 5.56 Å². The van der Waals surface area contributed by atoms with Crippen molar-refractivity contribution in [3.63, 3.8) is 0 Å². The summed E-state index contributed by atoms with van der Waals surface area (Å²) >= 11 is 6.03. The molecule has 0 bridgehead atoms. The second kappa shape index (κ2) is 5.27. The maximum atomic E-state index is 6.03. The molecular weight excluding hydrogens is 236 g/mol. The van der Waals surface area contributed by atoms with Crippen molar-refractivity contribution in [2.24, 2.45) is 0 Å². The van der Waals surface area contributed by atoms with Crippen LogP contribution in [0.4, 0.5) is 0 Å². The Kier molecular flexibility index (Phi) is 3.74. The van der Waals surface area contributed by atoms with Crippen molar-refractivity contribution < 1.29 is 0 Å². The summed E-state index contributed by atoms with van der Waals surface area (Å²) in [4.78, 5) is 4.09. The maximum absolute atomic E-state index is 6.03. The van der Waals surface area contributed by atoms with Crippen LogP contribution in [0.5, 0.6) is 0 Å². The van der Waals surface area contributed by atoms with Gasteiger partial charge in [0.2, 0.25) is 5.28 Å². The molecule has 0 unspecified atom stereocenters. The Morgan fingerprint density at radius 3 is 2.82 bits per heavy atom. The van der Waals surface area contributed by atoms with Crippen molar-refractivity contribution in [1.82, 2.24) is 19.7 Å². The molecular formula is C12H15ClN4. The van der Waals surface area contributed by atoms with E-state index in [1.807, 2.05) is 16.8 Å². The SMILES string of the molecule is CC(C)c1nnc(Cl)n1CCc1cccnc1. The summed E-state index contributed by atoms with van der Waals surface area (Å²) in [6.07, 6.45) is 4.52. The van der Waals surface area contributed by atoms with E-state index >= 15 is 0 Å². The van der Waals surface area contributed by atoms with E-state index in [0.717, 1.165) is 18.8 Å². The minimum Gasteiger partial charge on any atom is -0.301 e. The highest BCUT2D eigenvalue weighted by molar-refractivity contribution is 6.28. The number of pyridine rings is 1. The van der Waals surface area contributed by atoms with Gasteiger partial charge in [0.1, 0.15) is 5.82 Å². The average Bonchev–Trinajstić information content (AvgIpc) is 2.69. The molecule has 0 fully saturated rings. The normalized spacial score (nSPS) is 11.1. The zero-order chi connectivity index (χ0) is 12.3. The number of hydrogen-bond donors (Lipinski definition) is 0. The molecule has 0 N–H and O–H groups in total. The van der Waals surface area contributed by atoms with Crippen LogP contribution in [0.2, 0.25) is 5.28 Å². The van der Waals surface area contributed by atoms with Gasteiger partial charge in [0.05, 0.1) is 0 Å². The number of aryl methyl sites for hydroxylation is 1. The van der Waals surface area contributed by atoms with Crippen molar-refractivity contribution in [2.75, 3.05) is 0 Å². The summed E-state index contributed by atoms with van der Waals surface area (Å²) in [5.74, 6) is 1.25. The van der Waals surface area contributed by atoms with Crippen LogP contribution in [0.25, 0.3) is 0 Å². The topological polar surface area (TPSA) is 43.6 Å². The smallest absolute Gasteiger partial charge is 0.225 e. The molecule has 0 radical (unpaired) electrons. The molecule has 4 nitrogen and oxygen atoms in total. The molecule has 90 valence electrons. The van der Waals surface area contributed by atoms with Gasteiger partial charge in [-0.15, -0.1) is 10.2 Å². The molecule has 2 rings (SSSR count). The first-order valence-electron chi connectivity index (χ1n) is 5.66. The van der Waals surface area contributed by atoms with Crippen molar-refractivity contribution >= 4 is 11.6 Å². The fraction of sp³-hybridized carbons (Fsp3) is 0.417. The third kappa shape index (κ3) is 2.82. The van der Waals surface area contributed by atoms with E-state index < -0.39 is 0 Å². The molecule has 0 aliphatic carbocycles. The Morgan fingerprint density at radius 2 is 2.18 bits per heavy atom. The van der Waals surface area contributed by atoms with Gasteiger partial charge in [-0.25, -0.2) is 0 Å². The molecule has 17 heavy (non-hydrogen) atoms. The molecule has 5 heteroatoms. The monoisotopic (exact) mass is 250 g/mol. The number of aromatic nitrogens is 4. The largest absolute Gasteiger partial charge is 0.301 e. The molecule has 0 amide bonds. The summed E-state index contributed by atoms with van der Waals surface area (Å²) in [7, 11) is 0. The minimum atomic E-state index is 0.323. The first kappa shape index (κ1) is 12.0. The highest BCUT2D eigenvalue weighted by Crippen LogP contribution is 2.17. The van der Waals surface area contributed by atoms with Crippen LogP contribution in [0.1, 0.15) is 31.2 Å². The van der Waals surface area contributed by atoms with Gasteiger partial charge in [-0.3, -0.25) is 4.98 Å². The molecule has 0 atom stereocenters. The van der Waals surface area contributed by atoms with Gasteiger partial charge in [-0.05, 0) is 29.7 Å². The van der Waals surface area contributed by atoms with Crippen molar-refractivity contribution in [3.8, 4) is 0 Å². The molecule has 0 saturated carbocycles. The van der Waals surface area contributed by atoms with Crippen molar-refractivity contribution in [3.05, 3.63) is 41.2 Å². The lowest BCUT2D eigenvalue weighted by Gasteiger charge is -2.09. The van der Waals surface area contributed by atoms with E-state index in [9.17, 15) is 0 Å². The van der Waals surface area contributed by atoms with E-state index in [4.69, 9.17) is 11.6 Å². The standard InChI is InChI=1S/C12H15ClN4/c1-9(2)11-15-16-12(13)17(11)7-5-10-4-3-6-14-8-10/h3-4,6,8-9H,5,7H2,1-2H3. The summed E-state index contributed by atoms with van der Waals surface area (Å²) < 4.78 is 1.96. The van der Waals surface area contributed by atoms with Crippen molar-refractivity contribution in [1.29, 1.82) is 0 Å². The number of rotatable bonds is 4. The van der Waals surface area contributed by atoms with Crippen LogP contribution in [0, 0.1) is 0 Å². The zero-order valence-electron chi connectivity index (χ0n) is 9.97. The quantitative estimate of drug-likeness (QED) is 0.838. The molecule has 2 aromatic rings. The highest BCUT2D eigenvalue weighted by atomic mass is 35.5. The van der Waals surface area contributed by atoms with Crippen LogP contribution in [0.3, 0.4) is 0 Å². The van der Waals surface area contributed by atoms with Gasteiger partial charge in [0.15, 0.2) is 0 Å². The lowest BCUT2D eigenvalue weighted by molar-refractivity contribution is 0.619. The minimum absolute atomic E-state index is 0.323. The number of nitrogens with zero attached hydrogens (tertiary/aromatic N) is 4. The third-order valence-corrected chi connectivity index (χ3v) is 2.88. The molecule has 0 saturated heterocycles. The van der Waals surface area contributed by atoms with Crippen LogP contribution < -0.4 is 0 Å². The van der Waals surface area contributed by atoms with Crippen LogP contribution >= 0.6 is 11.6 Å². The Labute approximate surface area is 106 Å². The Hall–Kier alpha value is -1.42. The first-order valence-corrected chi connectivity index (χ1v) is 6.03. The van der Waals surface area contributed by atoms with Crippen molar-refractivity contribution in [2.45, 2.75) is 32.7 Å². The Morgan fingerprint density at radius 1 is 1.35 bits per heavy atom. The Bertz CT molecular complexity index is 479. The van der Waals surface area contributed by atoms with Gasteiger partial charge in [0, 0.05) is 24.9 Å². The van der Waals surface area contributed by atoms with Crippen LogP contribution in [-0.4, -0.2) is 19.7 Å². The number of halogens is 1. The maximum Gasteiger partial charge on any atom is 0.225 e. The summed E-state index contributed by atoms with van der Waals surface area (Å²) in [6, 6.07) is 3.99. The second-order valence-corrected chi connectivity index (χ2v) is 4.58. The van der Waals surface area contributed by atoms with E-state index in [1.54, 1.807) is 6.20 Å². The fourth-order valence-corrected chi connectivity index (χ4v) is 1.92. The van der Waals surface area contributed by atoms with Crippen LogP contribution in [-0.2, 0) is 13.0 Å². The predicted octanol–water partition coefficient (Wildman–Crippen LogP) is 2.69. The van der Waals surface area contributed by atoms with Gasteiger partial charge < -0.3 is 4.57 Å². The van der Waals surface area contributed by atoms with E-state index in [2.05, 4.69) is 35.1 Å². The predicted molar refractivity (Wildman–Crippen MR) is 67.1 cm³/mol. The molecule has 0 aliphatic heterocycles. The number of hydrogen-bond acceptors (Lipinski definition) is 3. The molecule has 0 aromatic carbocycles. The van der Waals surface area contributed by atoms with Gasteiger partial charge in [-0.1, -0.05) is 19.9 Å². The third-order valence-electron chi connectivity index (χ3n) is 2.60. The lowest BCUT2D eigenvalue weighted by atomic mass is 10.2. The first-order chi connectivity index (χ1) is 8.18. The molecule has 0 aliphatic rings. The lowest BCUT2D eigenvalue weighted by Crippen LogP contribution is -2.08. The van der Waals surface area contributed by atoms with Gasteiger partial charge >= 0.3 is 0 Å². The van der Waals surface area contributed by atoms with Gasteiger partial charge in [-0.2, -0.15) is 0 Å². The summed E-state index contributed by atoms with van der Waals surface area (Å²) in [5, 5.41) is 8.46. The van der Waals surface area contributed by atoms with Crippen LogP contribution in [0.15, 0.2) is 24.5 Å². The molecule has 2 aromatic heterocycles. The van der Waals surface area contributed by atoms with E-state index in [0.29, 0.717) is 11.2 Å². The van der Waals surface area contributed by atoms with E-state index in [-0.39, 0.29) is 0 Å². The molecule has 0 spiro atoms. The fourth-order valence-electron chi connectivity index (χ4n) is 1.72. The Balaban J connectivity index is 2.11.